The third-order valence-corrected chi connectivity index (χ3v) is 4.94. The summed E-state index contributed by atoms with van der Waals surface area (Å²) in [5.41, 5.74) is 8.78. The van der Waals surface area contributed by atoms with Crippen LogP contribution in [0, 0.1) is 5.41 Å². The zero-order valence-corrected chi connectivity index (χ0v) is 13.0. The molecule has 2 nitrogen and oxygen atoms in total. The fourth-order valence-corrected chi connectivity index (χ4v) is 3.45. The summed E-state index contributed by atoms with van der Waals surface area (Å²) in [6, 6.07) is 6.54. The van der Waals surface area contributed by atoms with E-state index in [-0.39, 0.29) is 0 Å². The van der Waals surface area contributed by atoms with Gasteiger partial charge in [0.15, 0.2) is 0 Å². The number of halogens is 1. The number of nitrogens with two attached hydrogens (primary N) is 1. The Morgan fingerprint density at radius 3 is 2.56 bits per heavy atom. The summed E-state index contributed by atoms with van der Waals surface area (Å²) in [4.78, 5) is 2.51. The standard InChI is InChI=1S/C15H23BrN2/c1-3-15(4-2)5-6-18(11-15)14-8-12(10-17)7-13(16)9-14/h7-9H,3-6,10-11,17H2,1-2H3. The van der Waals surface area contributed by atoms with Crippen LogP contribution in [-0.2, 0) is 6.54 Å². The number of anilines is 1. The van der Waals surface area contributed by atoms with Crippen LogP contribution in [-0.4, -0.2) is 13.1 Å². The van der Waals surface area contributed by atoms with Gasteiger partial charge in [-0.25, -0.2) is 0 Å². The van der Waals surface area contributed by atoms with Gasteiger partial charge in [0.25, 0.3) is 0 Å². The number of hydrogen-bond acceptors (Lipinski definition) is 2. The molecule has 0 saturated carbocycles. The summed E-state index contributed by atoms with van der Waals surface area (Å²) in [6.07, 6.45) is 3.86. The number of nitrogens with zero attached hydrogens (tertiary/aromatic N) is 1. The second kappa shape index (κ2) is 5.62. The van der Waals surface area contributed by atoms with Crippen molar-refractivity contribution in [2.75, 3.05) is 18.0 Å². The van der Waals surface area contributed by atoms with Crippen molar-refractivity contribution >= 4 is 21.6 Å². The minimum absolute atomic E-state index is 0.519. The lowest BCUT2D eigenvalue weighted by molar-refractivity contribution is 0.301. The molecule has 0 atom stereocenters. The first-order valence-electron chi connectivity index (χ1n) is 6.87. The van der Waals surface area contributed by atoms with Crippen molar-refractivity contribution < 1.29 is 0 Å². The molecule has 1 aromatic carbocycles. The van der Waals surface area contributed by atoms with Crippen LogP contribution in [0.1, 0.15) is 38.7 Å². The van der Waals surface area contributed by atoms with Crippen molar-refractivity contribution in [1.82, 2.24) is 0 Å². The van der Waals surface area contributed by atoms with Gasteiger partial charge in [0, 0.05) is 29.8 Å². The van der Waals surface area contributed by atoms with E-state index in [0.717, 1.165) is 4.47 Å². The maximum atomic E-state index is 5.75. The molecule has 1 saturated heterocycles. The van der Waals surface area contributed by atoms with Crippen molar-refractivity contribution in [2.24, 2.45) is 11.1 Å². The van der Waals surface area contributed by atoms with E-state index in [1.54, 1.807) is 0 Å². The summed E-state index contributed by atoms with van der Waals surface area (Å²) in [5, 5.41) is 0. The molecule has 0 aliphatic carbocycles. The predicted molar refractivity (Wildman–Crippen MR) is 81.9 cm³/mol. The van der Waals surface area contributed by atoms with Crippen LogP contribution in [0.25, 0.3) is 0 Å². The number of benzene rings is 1. The minimum atomic E-state index is 0.519. The van der Waals surface area contributed by atoms with Gasteiger partial charge in [-0.2, -0.15) is 0 Å². The summed E-state index contributed by atoms with van der Waals surface area (Å²) < 4.78 is 1.13. The molecule has 1 aliphatic heterocycles. The molecule has 0 bridgehead atoms. The summed E-state index contributed by atoms with van der Waals surface area (Å²) in [7, 11) is 0. The summed E-state index contributed by atoms with van der Waals surface area (Å²) in [5.74, 6) is 0. The zero-order chi connectivity index (χ0) is 13.2. The summed E-state index contributed by atoms with van der Waals surface area (Å²) >= 11 is 3.58. The van der Waals surface area contributed by atoms with E-state index >= 15 is 0 Å². The molecule has 2 N–H and O–H groups in total. The van der Waals surface area contributed by atoms with Gasteiger partial charge in [-0.1, -0.05) is 29.8 Å². The van der Waals surface area contributed by atoms with Crippen molar-refractivity contribution in [3.8, 4) is 0 Å². The average molecular weight is 311 g/mol. The van der Waals surface area contributed by atoms with Crippen LogP contribution in [0.5, 0.6) is 0 Å². The molecule has 1 heterocycles. The maximum Gasteiger partial charge on any atom is 0.0380 e. The highest BCUT2D eigenvalue weighted by molar-refractivity contribution is 9.10. The van der Waals surface area contributed by atoms with E-state index in [2.05, 4.69) is 52.9 Å². The zero-order valence-electron chi connectivity index (χ0n) is 11.4. The van der Waals surface area contributed by atoms with Gasteiger partial charge in [0.05, 0.1) is 0 Å². The van der Waals surface area contributed by atoms with Gasteiger partial charge in [0.2, 0.25) is 0 Å². The van der Waals surface area contributed by atoms with Crippen molar-refractivity contribution in [1.29, 1.82) is 0 Å². The largest absolute Gasteiger partial charge is 0.371 e. The first kappa shape index (κ1) is 13.9. The lowest BCUT2D eigenvalue weighted by atomic mass is 9.82. The first-order chi connectivity index (χ1) is 8.62. The molecule has 0 aromatic heterocycles. The Balaban J connectivity index is 2.21. The molecule has 1 aromatic rings. The molecule has 2 rings (SSSR count). The molecule has 3 heteroatoms. The highest BCUT2D eigenvalue weighted by Crippen LogP contribution is 2.39. The van der Waals surface area contributed by atoms with Crippen molar-refractivity contribution in [3.05, 3.63) is 28.2 Å². The van der Waals surface area contributed by atoms with E-state index in [9.17, 15) is 0 Å². The normalized spacial score (nSPS) is 18.3. The molecule has 1 aliphatic rings. The van der Waals surface area contributed by atoms with E-state index in [1.807, 2.05) is 0 Å². The van der Waals surface area contributed by atoms with Gasteiger partial charge < -0.3 is 10.6 Å². The Morgan fingerprint density at radius 2 is 2.00 bits per heavy atom. The minimum Gasteiger partial charge on any atom is -0.371 e. The molecule has 0 amide bonds. The number of hydrogen-bond donors (Lipinski definition) is 1. The average Bonchev–Trinajstić information content (AvgIpc) is 2.83. The summed E-state index contributed by atoms with van der Waals surface area (Å²) in [6.45, 7) is 7.59. The van der Waals surface area contributed by atoms with Crippen molar-refractivity contribution in [2.45, 2.75) is 39.7 Å². The molecule has 1 fully saturated rings. The van der Waals surface area contributed by atoms with Crippen LogP contribution >= 0.6 is 15.9 Å². The predicted octanol–water partition coefficient (Wildman–Crippen LogP) is 3.92. The molecule has 0 spiro atoms. The van der Waals surface area contributed by atoms with Gasteiger partial charge >= 0.3 is 0 Å². The van der Waals surface area contributed by atoms with Gasteiger partial charge in [-0.05, 0) is 48.4 Å². The molecule has 100 valence electrons. The fourth-order valence-electron chi connectivity index (χ4n) is 2.92. The lowest BCUT2D eigenvalue weighted by Crippen LogP contribution is -2.26. The highest BCUT2D eigenvalue weighted by Gasteiger charge is 2.34. The molecule has 0 unspecified atom stereocenters. The van der Waals surface area contributed by atoms with Gasteiger partial charge in [-0.15, -0.1) is 0 Å². The molecule has 18 heavy (non-hydrogen) atoms. The SMILES string of the molecule is CCC1(CC)CCN(c2cc(Br)cc(CN)c2)C1. The Labute approximate surface area is 119 Å². The number of rotatable bonds is 4. The smallest absolute Gasteiger partial charge is 0.0380 e. The molecular formula is C15H23BrN2. The Kier molecular flexibility index (Phi) is 4.33. The fraction of sp³-hybridized carbons (Fsp3) is 0.600. The topological polar surface area (TPSA) is 29.3 Å². The van der Waals surface area contributed by atoms with E-state index < -0.39 is 0 Å². The van der Waals surface area contributed by atoms with Crippen LogP contribution < -0.4 is 10.6 Å². The van der Waals surface area contributed by atoms with E-state index in [4.69, 9.17) is 5.73 Å². The third kappa shape index (κ3) is 2.72. The third-order valence-electron chi connectivity index (χ3n) is 4.48. The van der Waals surface area contributed by atoms with E-state index in [1.165, 1.54) is 43.6 Å². The maximum absolute atomic E-state index is 5.75. The monoisotopic (exact) mass is 310 g/mol. The Morgan fingerprint density at radius 1 is 1.28 bits per heavy atom. The van der Waals surface area contributed by atoms with Crippen molar-refractivity contribution in [3.63, 3.8) is 0 Å². The first-order valence-corrected chi connectivity index (χ1v) is 7.66. The van der Waals surface area contributed by atoms with E-state index in [0.29, 0.717) is 12.0 Å². The van der Waals surface area contributed by atoms with Crippen LogP contribution in [0.2, 0.25) is 0 Å². The second-order valence-corrected chi connectivity index (χ2v) is 6.32. The van der Waals surface area contributed by atoms with Crippen LogP contribution in [0.3, 0.4) is 0 Å². The molecular weight excluding hydrogens is 288 g/mol. The molecule has 0 radical (unpaired) electrons. The van der Waals surface area contributed by atoms with Crippen LogP contribution in [0.4, 0.5) is 5.69 Å². The second-order valence-electron chi connectivity index (χ2n) is 5.40. The lowest BCUT2D eigenvalue weighted by Gasteiger charge is -2.27. The van der Waals surface area contributed by atoms with Gasteiger partial charge in [-0.3, -0.25) is 0 Å². The van der Waals surface area contributed by atoms with Gasteiger partial charge in [0.1, 0.15) is 0 Å². The Hall–Kier alpha value is -0.540. The Bertz CT molecular complexity index is 413. The highest BCUT2D eigenvalue weighted by atomic mass is 79.9. The van der Waals surface area contributed by atoms with Crippen LogP contribution in [0.15, 0.2) is 22.7 Å². The quantitative estimate of drug-likeness (QED) is 0.913.